The second-order valence-electron chi connectivity index (χ2n) is 9.60. The van der Waals surface area contributed by atoms with Crippen molar-refractivity contribution in [1.29, 1.82) is 0 Å². The Hall–Kier alpha value is -1.59. The standard InChI is InChI=1S/C22H32N2O3/c1-20(2,3)26-19(25)24-13-7-10-22(17-24)16-23(15-21(27-22)11-12-21)14-18-8-5-4-6-9-18/h4-6,8-9H,7,10-17H2,1-3H3. The number of amides is 1. The van der Waals surface area contributed by atoms with Crippen LogP contribution in [-0.2, 0) is 16.0 Å². The largest absolute Gasteiger partial charge is 0.444 e. The summed E-state index contributed by atoms with van der Waals surface area (Å²) in [4.78, 5) is 17.0. The van der Waals surface area contributed by atoms with Crippen molar-refractivity contribution in [1.82, 2.24) is 9.80 Å². The fourth-order valence-corrected chi connectivity index (χ4v) is 4.54. The molecule has 5 nitrogen and oxygen atoms in total. The first kappa shape index (κ1) is 18.8. The van der Waals surface area contributed by atoms with Gasteiger partial charge in [-0.3, -0.25) is 4.90 Å². The van der Waals surface area contributed by atoms with Crippen molar-refractivity contribution >= 4 is 6.09 Å². The van der Waals surface area contributed by atoms with Crippen LogP contribution in [0.2, 0.25) is 0 Å². The van der Waals surface area contributed by atoms with Crippen LogP contribution in [0.15, 0.2) is 30.3 Å². The summed E-state index contributed by atoms with van der Waals surface area (Å²) >= 11 is 0. The maximum atomic E-state index is 12.6. The van der Waals surface area contributed by atoms with Gasteiger partial charge < -0.3 is 14.4 Å². The van der Waals surface area contributed by atoms with E-state index >= 15 is 0 Å². The number of morpholine rings is 1. The van der Waals surface area contributed by atoms with Gasteiger partial charge in [0.1, 0.15) is 5.60 Å². The Kier molecular flexibility index (Phi) is 4.71. The summed E-state index contributed by atoms with van der Waals surface area (Å²) in [6.45, 7) is 9.97. The molecule has 1 amide bonds. The van der Waals surface area contributed by atoms with Crippen LogP contribution >= 0.6 is 0 Å². The fraction of sp³-hybridized carbons (Fsp3) is 0.682. The Balaban J connectivity index is 1.48. The van der Waals surface area contributed by atoms with E-state index in [0.29, 0.717) is 6.54 Å². The van der Waals surface area contributed by atoms with Crippen molar-refractivity contribution in [3.8, 4) is 0 Å². The van der Waals surface area contributed by atoms with Gasteiger partial charge in [-0.05, 0) is 52.0 Å². The molecular formula is C22H32N2O3. The van der Waals surface area contributed by atoms with Crippen LogP contribution in [-0.4, -0.2) is 58.9 Å². The second-order valence-corrected chi connectivity index (χ2v) is 9.60. The molecule has 3 aliphatic rings. The first-order valence-corrected chi connectivity index (χ1v) is 10.2. The molecule has 2 saturated heterocycles. The average molecular weight is 373 g/mol. The van der Waals surface area contributed by atoms with E-state index in [9.17, 15) is 4.79 Å². The van der Waals surface area contributed by atoms with Crippen LogP contribution in [0.3, 0.4) is 0 Å². The lowest BCUT2D eigenvalue weighted by Gasteiger charge is -2.51. The number of hydrogen-bond donors (Lipinski definition) is 0. The summed E-state index contributed by atoms with van der Waals surface area (Å²) in [5.41, 5.74) is 0.611. The molecule has 1 unspecified atom stereocenters. The zero-order valence-electron chi connectivity index (χ0n) is 16.9. The van der Waals surface area contributed by atoms with Gasteiger partial charge in [0.05, 0.1) is 17.7 Å². The minimum Gasteiger partial charge on any atom is -0.444 e. The molecule has 2 spiro atoms. The maximum Gasteiger partial charge on any atom is 0.410 e. The summed E-state index contributed by atoms with van der Waals surface area (Å²) in [5, 5.41) is 0. The van der Waals surface area contributed by atoms with Crippen LogP contribution in [0.5, 0.6) is 0 Å². The van der Waals surface area contributed by atoms with E-state index in [1.807, 2.05) is 25.7 Å². The fourth-order valence-electron chi connectivity index (χ4n) is 4.54. The lowest BCUT2D eigenvalue weighted by Crippen LogP contribution is -2.63. The molecule has 1 saturated carbocycles. The van der Waals surface area contributed by atoms with Crippen LogP contribution in [0.4, 0.5) is 4.79 Å². The van der Waals surface area contributed by atoms with E-state index < -0.39 is 5.60 Å². The smallest absolute Gasteiger partial charge is 0.410 e. The van der Waals surface area contributed by atoms with E-state index in [0.717, 1.165) is 51.9 Å². The lowest BCUT2D eigenvalue weighted by atomic mass is 9.89. The van der Waals surface area contributed by atoms with Gasteiger partial charge in [0, 0.05) is 26.2 Å². The number of ether oxygens (including phenoxy) is 2. The van der Waals surface area contributed by atoms with E-state index in [1.54, 1.807) is 0 Å². The highest BCUT2D eigenvalue weighted by Gasteiger charge is 2.56. The van der Waals surface area contributed by atoms with Crippen LogP contribution < -0.4 is 0 Å². The summed E-state index contributed by atoms with van der Waals surface area (Å²) in [5.74, 6) is 0. The topological polar surface area (TPSA) is 42.0 Å². The van der Waals surface area contributed by atoms with Crippen molar-refractivity contribution in [2.24, 2.45) is 0 Å². The molecule has 1 aliphatic carbocycles. The van der Waals surface area contributed by atoms with Crippen molar-refractivity contribution in [3.05, 3.63) is 35.9 Å². The molecule has 3 fully saturated rings. The van der Waals surface area contributed by atoms with Gasteiger partial charge in [0.25, 0.3) is 0 Å². The van der Waals surface area contributed by atoms with Gasteiger partial charge in [-0.2, -0.15) is 0 Å². The molecule has 27 heavy (non-hydrogen) atoms. The normalized spacial score (nSPS) is 27.7. The van der Waals surface area contributed by atoms with Crippen molar-refractivity contribution in [2.75, 3.05) is 26.2 Å². The van der Waals surface area contributed by atoms with E-state index in [2.05, 4.69) is 35.2 Å². The number of nitrogens with zero attached hydrogens (tertiary/aromatic N) is 2. The Morgan fingerprint density at radius 2 is 1.78 bits per heavy atom. The van der Waals surface area contributed by atoms with Crippen LogP contribution in [0, 0.1) is 0 Å². The quantitative estimate of drug-likeness (QED) is 0.791. The number of carbonyl (C=O) groups is 1. The number of carbonyl (C=O) groups excluding carboxylic acids is 1. The number of hydrogen-bond acceptors (Lipinski definition) is 4. The summed E-state index contributed by atoms with van der Waals surface area (Å²) in [6, 6.07) is 10.6. The molecular weight excluding hydrogens is 340 g/mol. The third kappa shape index (κ3) is 4.46. The average Bonchev–Trinajstić information content (AvgIpc) is 3.31. The number of piperidine rings is 1. The zero-order chi connectivity index (χ0) is 19.1. The Bertz CT molecular complexity index is 681. The molecule has 5 heteroatoms. The highest BCUT2D eigenvalue weighted by atomic mass is 16.6. The minimum atomic E-state index is -0.466. The third-order valence-electron chi connectivity index (χ3n) is 5.70. The van der Waals surface area contributed by atoms with Gasteiger partial charge in [-0.15, -0.1) is 0 Å². The molecule has 0 N–H and O–H groups in total. The molecule has 4 rings (SSSR count). The Labute approximate surface area is 162 Å². The maximum absolute atomic E-state index is 12.6. The van der Waals surface area contributed by atoms with Crippen molar-refractivity contribution in [3.63, 3.8) is 0 Å². The Morgan fingerprint density at radius 3 is 2.44 bits per heavy atom. The highest BCUT2D eigenvalue weighted by Crippen LogP contribution is 2.48. The van der Waals surface area contributed by atoms with Gasteiger partial charge in [-0.1, -0.05) is 30.3 Å². The minimum absolute atomic E-state index is 0.00394. The van der Waals surface area contributed by atoms with E-state index in [-0.39, 0.29) is 17.3 Å². The molecule has 1 aromatic rings. The lowest BCUT2D eigenvalue weighted by molar-refractivity contribution is -0.190. The number of rotatable bonds is 2. The highest BCUT2D eigenvalue weighted by molar-refractivity contribution is 5.68. The van der Waals surface area contributed by atoms with Gasteiger partial charge in [0.15, 0.2) is 0 Å². The van der Waals surface area contributed by atoms with E-state index in [1.165, 1.54) is 5.56 Å². The van der Waals surface area contributed by atoms with E-state index in [4.69, 9.17) is 9.47 Å². The predicted octanol–water partition coefficient (Wildman–Crippen LogP) is 3.82. The first-order chi connectivity index (χ1) is 12.8. The second kappa shape index (κ2) is 6.78. The molecule has 1 atom stereocenters. The van der Waals surface area contributed by atoms with Crippen LogP contribution in [0.1, 0.15) is 52.0 Å². The predicted molar refractivity (Wildman–Crippen MR) is 105 cm³/mol. The molecule has 2 aliphatic heterocycles. The first-order valence-electron chi connectivity index (χ1n) is 10.2. The van der Waals surface area contributed by atoms with Crippen molar-refractivity contribution < 1.29 is 14.3 Å². The SMILES string of the molecule is CC(C)(C)OC(=O)N1CCCC2(CN(Cc3ccccc3)CC3(CC3)O2)C1. The van der Waals surface area contributed by atoms with Crippen LogP contribution in [0.25, 0.3) is 0 Å². The van der Waals surface area contributed by atoms with Gasteiger partial charge >= 0.3 is 6.09 Å². The molecule has 148 valence electrons. The van der Waals surface area contributed by atoms with Gasteiger partial charge in [-0.25, -0.2) is 4.79 Å². The summed E-state index contributed by atoms with van der Waals surface area (Å²) in [7, 11) is 0. The van der Waals surface area contributed by atoms with Gasteiger partial charge in [0.2, 0.25) is 0 Å². The summed E-state index contributed by atoms with van der Waals surface area (Å²) < 4.78 is 12.3. The molecule has 0 bridgehead atoms. The summed E-state index contributed by atoms with van der Waals surface area (Å²) in [6.07, 6.45) is 4.03. The molecule has 2 heterocycles. The van der Waals surface area contributed by atoms with Crippen molar-refractivity contribution in [2.45, 2.75) is 69.8 Å². The molecule has 1 aromatic carbocycles. The molecule has 0 aromatic heterocycles. The Morgan fingerprint density at radius 1 is 1.07 bits per heavy atom. The third-order valence-corrected chi connectivity index (χ3v) is 5.70. The number of benzene rings is 1. The monoisotopic (exact) mass is 372 g/mol. The molecule has 0 radical (unpaired) electrons. The zero-order valence-corrected chi connectivity index (χ0v) is 16.9. The number of likely N-dealkylation sites (tertiary alicyclic amines) is 1.